The third-order valence-corrected chi connectivity index (χ3v) is 9.65. The summed E-state index contributed by atoms with van der Waals surface area (Å²) in [5.41, 5.74) is 0.857. The van der Waals surface area contributed by atoms with E-state index in [1.807, 2.05) is 4.90 Å². The molecule has 1 aliphatic heterocycles. The molecule has 0 N–H and O–H groups in total. The van der Waals surface area contributed by atoms with E-state index in [0.717, 1.165) is 0 Å². The number of carbonyl (C=O) groups excluding carboxylic acids is 1. The summed E-state index contributed by atoms with van der Waals surface area (Å²) in [4.78, 5) is 14.1. The van der Waals surface area contributed by atoms with Crippen molar-refractivity contribution in [2.45, 2.75) is 51.4 Å². The molecule has 130 valence electrons. The Hall–Kier alpha value is -1.71. The molecular weight excluding hydrogens is 323 g/mol. The van der Waals surface area contributed by atoms with E-state index >= 15 is 0 Å². The monoisotopic (exact) mass is 348 g/mol. The minimum atomic E-state index is -1.98. The van der Waals surface area contributed by atoms with Crippen molar-refractivity contribution in [2.24, 2.45) is 0 Å². The van der Waals surface area contributed by atoms with Gasteiger partial charge in [0.05, 0.1) is 17.9 Å². The maximum Gasteiger partial charge on any atom is 0.192 e. The maximum absolute atomic E-state index is 13.6. The molecule has 1 aromatic rings. The summed E-state index contributed by atoms with van der Waals surface area (Å²) in [6, 6.07) is 5.68. The first-order valence-corrected chi connectivity index (χ1v) is 11.1. The van der Waals surface area contributed by atoms with Crippen LogP contribution in [0.3, 0.4) is 0 Å². The highest BCUT2D eigenvalue weighted by molar-refractivity contribution is 6.74. The Kier molecular flexibility index (Phi) is 5.16. The van der Waals surface area contributed by atoms with Crippen LogP contribution in [0, 0.1) is 17.1 Å². The van der Waals surface area contributed by atoms with Gasteiger partial charge in [-0.15, -0.1) is 0 Å². The highest BCUT2D eigenvalue weighted by Crippen LogP contribution is 2.37. The van der Waals surface area contributed by atoms with Crippen LogP contribution in [0.5, 0.6) is 0 Å². The van der Waals surface area contributed by atoms with E-state index in [0.29, 0.717) is 24.2 Å². The summed E-state index contributed by atoms with van der Waals surface area (Å²) < 4.78 is 19.9. The Morgan fingerprint density at radius 1 is 1.42 bits per heavy atom. The fourth-order valence-electron chi connectivity index (χ4n) is 2.54. The number of Topliss-reactive ketones (excluding diaryl/α,β-unsaturated/α-hetero) is 1. The van der Waals surface area contributed by atoms with Gasteiger partial charge in [0.15, 0.2) is 14.1 Å². The number of rotatable bonds is 4. The standard InChI is InChI=1S/C18H25FN2O2Si/c1-18(2,3)24(4,5)23-12-16-17(22)8-9-21(16)15-10-14(19)7-6-13(15)11-20/h6-7,10,16H,8-9,12H2,1-5H3/t16-/m0/s1. The Morgan fingerprint density at radius 2 is 2.08 bits per heavy atom. The molecule has 1 fully saturated rings. The van der Waals surface area contributed by atoms with Crippen molar-refractivity contribution in [2.75, 3.05) is 18.1 Å². The van der Waals surface area contributed by atoms with Crippen molar-refractivity contribution in [3.8, 4) is 6.07 Å². The van der Waals surface area contributed by atoms with E-state index in [2.05, 4.69) is 39.9 Å². The number of nitriles is 1. The van der Waals surface area contributed by atoms with Crippen LogP contribution in [0.4, 0.5) is 10.1 Å². The van der Waals surface area contributed by atoms with E-state index in [1.165, 1.54) is 18.2 Å². The predicted molar refractivity (Wildman–Crippen MR) is 95.0 cm³/mol. The van der Waals surface area contributed by atoms with E-state index in [-0.39, 0.29) is 17.4 Å². The Bertz CT molecular complexity index is 677. The first kappa shape index (κ1) is 18.6. The van der Waals surface area contributed by atoms with Gasteiger partial charge >= 0.3 is 0 Å². The van der Waals surface area contributed by atoms with Crippen molar-refractivity contribution in [1.82, 2.24) is 0 Å². The molecule has 1 atom stereocenters. The molecule has 0 aliphatic carbocycles. The van der Waals surface area contributed by atoms with Gasteiger partial charge in [-0.3, -0.25) is 4.79 Å². The second-order valence-electron chi connectivity index (χ2n) is 7.77. The van der Waals surface area contributed by atoms with Crippen molar-refractivity contribution >= 4 is 19.8 Å². The number of benzene rings is 1. The molecule has 0 saturated carbocycles. The Morgan fingerprint density at radius 3 is 2.67 bits per heavy atom. The molecule has 0 aromatic heterocycles. The molecule has 1 aliphatic rings. The summed E-state index contributed by atoms with van der Waals surface area (Å²) in [7, 11) is -1.98. The molecule has 0 radical (unpaired) electrons. The molecule has 0 spiro atoms. The second-order valence-corrected chi connectivity index (χ2v) is 12.6. The minimum absolute atomic E-state index is 0.0517. The molecule has 4 nitrogen and oxygen atoms in total. The zero-order valence-corrected chi connectivity index (χ0v) is 16.0. The largest absolute Gasteiger partial charge is 0.414 e. The highest BCUT2D eigenvalue weighted by atomic mass is 28.4. The molecule has 6 heteroatoms. The molecule has 0 bridgehead atoms. The number of carbonyl (C=O) groups is 1. The van der Waals surface area contributed by atoms with Crippen LogP contribution in [-0.2, 0) is 9.22 Å². The first-order chi connectivity index (χ1) is 11.1. The zero-order chi connectivity index (χ0) is 18.1. The average Bonchev–Trinajstić information content (AvgIpc) is 2.85. The van der Waals surface area contributed by atoms with Gasteiger partial charge in [-0.05, 0) is 36.3 Å². The quantitative estimate of drug-likeness (QED) is 0.775. The summed E-state index contributed by atoms with van der Waals surface area (Å²) in [5, 5.41) is 9.33. The lowest BCUT2D eigenvalue weighted by Crippen LogP contribution is -2.46. The van der Waals surface area contributed by atoms with E-state index < -0.39 is 20.2 Å². The molecule has 0 unspecified atom stereocenters. The molecule has 0 amide bonds. The van der Waals surface area contributed by atoms with Crippen molar-refractivity contribution in [1.29, 1.82) is 5.26 Å². The SMILES string of the molecule is CC(C)(C)[Si](C)(C)OC[C@H]1C(=O)CCN1c1cc(F)ccc1C#N. The lowest BCUT2D eigenvalue weighted by molar-refractivity contribution is -0.119. The summed E-state index contributed by atoms with van der Waals surface area (Å²) in [5.74, 6) is -0.325. The van der Waals surface area contributed by atoms with Crippen LogP contribution in [0.2, 0.25) is 18.1 Å². The predicted octanol–water partition coefficient (Wildman–Crippen LogP) is 3.87. The van der Waals surface area contributed by atoms with Crippen molar-refractivity contribution in [3.63, 3.8) is 0 Å². The van der Waals surface area contributed by atoms with Crippen LogP contribution >= 0.6 is 0 Å². The highest BCUT2D eigenvalue weighted by Gasteiger charge is 2.40. The average molecular weight is 348 g/mol. The van der Waals surface area contributed by atoms with Gasteiger partial charge < -0.3 is 9.33 Å². The lowest BCUT2D eigenvalue weighted by atomic mass is 10.1. The minimum Gasteiger partial charge on any atom is -0.414 e. The number of halogens is 1. The maximum atomic E-state index is 13.6. The van der Waals surface area contributed by atoms with Gasteiger partial charge in [-0.1, -0.05) is 20.8 Å². The van der Waals surface area contributed by atoms with Gasteiger partial charge in [-0.25, -0.2) is 4.39 Å². The van der Waals surface area contributed by atoms with Gasteiger partial charge in [0.1, 0.15) is 17.9 Å². The number of hydrogen-bond donors (Lipinski definition) is 0. The van der Waals surface area contributed by atoms with Crippen molar-refractivity contribution < 1.29 is 13.6 Å². The molecular formula is C18H25FN2O2Si. The molecule has 1 saturated heterocycles. The van der Waals surface area contributed by atoms with Crippen LogP contribution in [-0.4, -0.2) is 33.3 Å². The zero-order valence-electron chi connectivity index (χ0n) is 15.0. The van der Waals surface area contributed by atoms with Crippen molar-refractivity contribution in [3.05, 3.63) is 29.6 Å². The van der Waals surface area contributed by atoms with E-state index in [9.17, 15) is 14.4 Å². The Labute approximate surface area is 144 Å². The van der Waals surface area contributed by atoms with Crippen LogP contribution in [0.15, 0.2) is 18.2 Å². The number of hydrogen-bond acceptors (Lipinski definition) is 4. The number of anilines is 1. The van der Waals surface area contributed by atoms with Crippen LogP contribution in [0.25, 0.3) is 0 Å². The van der Waals surface area contributed by atoms with Crippen LogP contribution < -0.4 is 4.90 Å². The molecule has 1 aromatic carbocycles. The fraction of sp³-hybridized carbons (Fsp3) is 0.556. The summed E-state index contributed by atoms with van der Waals surface area (Å²) in [6.45, 7) is 11.5. The molecule has 24 heavy (non-hydrogen) atoms. The topological polar surface area (TPSA) is 53.3 Å². The molecule has 2 rings (SSSR count). The Balaban J connectivity index is 2.25. The third-order valence-electron chi connectivity index (χ3n) is 5.14. The lowest BCUT2D eigenvalue weighted by Gasteiger charge is -2.38. The normalized spacial score (nSPS) is 18.8. The summed E-state index contributed by atoms with van der Waals surface area (Å²) in [6.07, 6.45) is 0.396. The number of nitrogens with zero attached hydrogens (tertiary/aromatic N) is 2. The summed E-state index contributed by atoms with van der Waals surface area (Å²) >= 11 is 0. The first-order valence-electron chi connectivity index (χ1n) is 8.20. The van der Waals surface area contributed by atoms with E-state index in [4.69, 9.17) is 4.43 Å². The van der Waals surface area contributed by atoms with Gasteiger partial charge in [0.2, 0.25) is 0 Å². The van der Waals surface area contributed by atoms with Crippen LogP contribution in [0.1, 0.15) is 32.8 Å². The third kappa shape index (κ3) is 3.68. The fourth-order valence-corrected chi connectivity index (χ4v) is 3.55. The second kappa shape index (κ2) is 6.65. The smallest absolute Gasteiger partial charge is 0.192 e. The van der Waals surface area contributed by atoms with E-state index in [1.54, 1.807) is 0 Å². The van der Waals surface area contributed by atoms with Gasteiger partial charge in [0.25, 0.3) is 0 Å². The number of ketones is 1. The van der Waals surface area contributed by atoms with Gasteiger partial charge in [0, 0.05) is 13.0 Å². The molecule has 1 heterocycles. The van der Waals surface area contributed by atoms with Gasteiger partial charge in [-0.2, -0.15) is 5.26 Å².